The summed E-state index contributed by atoms with van der Waals surface area (Å²) in [7, 11) is 1.84. The zero-order valence-electron chi connectivity index (χ0n) is 15.9. The van der Waals surface area contributed by atoms with Gasteiger partial charge in [0.25, 0.3) is 5.56 Å². The van der Waals surface area contributed by atoms with E-state index in [0.29, 0.717) is 27.5 Å². The topological polar surface area (TPSA) is 126 Å². The predicted molar refractivity (Wildman–Crippen MR) is 116 cm³/mol. The molecular weight excluding hydrogens is 398 g/mol. The number of aromatic amines is 1. The van der Waals surface area contributed by atoms with Crippen LogP contribution in [0.1, 0.15) is 11.3 Å². The highest BCUT2D eigenvalue weighted by molar-refractivity contribution is 7.22. The van der Waals surface area contributed by atoms with Crippen LogP contribution >= 0.6 is 11.3 Å². The van der Waals surface area contributed by atoms with E-state index in [2.05, 4.69) is 26.3 Å². The van der Waals surface area contributed by atoms with Crippen molar-refractivity contribution in [2.45, 2.75) is 6.54 Å². The standard InChI is InChI=1S/C21H15N7OS/c1-28-19(20-14(8-22)18-17(30-20)3-2-6-24-18)15(10-25-28)11-4-5-12-13(7-11)16(9-23)26-27-21(12)29/h2-7,10H,9,23H2,1H3,(H,27,29). The van der Waals surface area contributed by atoms with Crippen molar-refractivity contribution >= 4 is 32.3 Å². The van der Waals surface area contributed by atoms with Crippen LogP contribution in [-0.2, 0) is 13.6 Å². The molecule has 0 aliphatic rings. The fourth-order valence-electron chi connectivity index (χ4n) is 3.66. The molecule has 3 N–H and O–H groups in total. The molecule has 8 nitrogen and oxygen atoms in total. The summed E-state index contributed by atoms with van der Waals surface area (Å²) in [5.41, 5.74) is 9.92. The van der Waals surface area contributed by atoms with Gasteiger partial charge in [-0.2, -0.15) is 15.5 Å². The van der Waals surface area contributed by atoms with Crippen LogP contribution in [0.25, 0.3) is 42.7 Å². The van der Waals surface area contributed by atoms with Crippen LogP contribution in [0.4, 0.5) is 0 Å². The summed E-state index contributed by atoms with van der Waals surface area (Å²) in [5.74, 6) is 0. The van der Waals surface area contributed by atoms with Gasteiger partial charge in [-0.25, -0.2) is 5.10 Å². The lowest BCUT2D eigenvalue weighted by atomic mass is 10.00. The Morgan fingerprint density at radius 1 is 1.30 bits per heavy atom. The van der Waals surface area contributed by atoms with Crippen LogP contribution in [0, 0.1) is 11.3 Å². The summed E-state index contributed by atoms with van der Waals surface area (Å²) in [6.07, 6.45) is 3.45. The summed E-state index contributed by atoms with van der Waals surface area (Å²) in [4.78, 5) is 17.3. The number of nitriles is 1. The molecule has 4 aromatic heterocycles. The minimum atomic E-state index is -0.262. The van der Waals surface area contributed by atoms with Crippen molar-refractivity contribution < 1.29 is 0 Å². The van der Waals surface area contributed by atoms with Gasteiger partial charge in [0.05, 0.1) is 43.6 Å². The van der Waals surface area contributed by atoms with Gasteiger partial charge in [-0.15, -0.1) is 11.3 Å². The van der Waals surface area contributed by atoms with Crippen molar-refractivity contribution in [3.05, 3.63) is 64.3 Å². The summed E-state index contributed by atoms with van der Waals surface area (Å²) in [6, 6.07) is 11.6. The Bertz CT molecular complexity index is 1540. The Morgan fingerprint density at radius 2 is 2.17 bits per heavy atom. The normalized spacial score (nSPS) is 11.2. The van der Waals surface area contributed by atoms with E-state index >= 15 is 0 Å². The third-order valence-electron chi connectivity index (χ3n) is 5.08. The van der Waals surface area contributed by atoms with Gasteiger partial charge in [-0.05, 0) is 29.8 Å². The molecule has 9 heteroatoms. The Morgan fingerprint density at radius 3 is 2.97 bits per heavy atom. The fourth-order valence-corrected chi connectivity index (χ4v) is 4.86. The molecule has 5 aromatic rings. The van der Waals surface area contributed by atoms with Crippen LogP contribution in [0.3, 0.4) is 0 Å². The minimum Gasteiger partial charge on any atom is -0.325 e. The highest BCUT2D eigenvalue weighted by Gasteiger charge is 2.22. The molecule has 0 atom stereocenters. The molecule has 0 spiro atoms. The van der Waals surface area contributed by atoms with E-state index in [-0.39, 0.29) is 12.1 Å². The van der Waals surface area contributed by atoms with Crippen molar-refractivity contribution in [2.24, 2.45) is 12.8 Å². The highest BCUT2D eigenvalue weighted by Crippen LogP contribution is 2.41. The van der Waals surface area contributed by atoms with E-state index in [0.717, 1.165) is 26.4 Å². The molecule has 1 aromatic carbocycles. The number of pyridine rings is 1. The molecule has 0 aliphatic carbocycles. The number of H-pyrrole nitrogens is 1. The first-order valence-corrected chi connectivity index (χ1v) is 9.95. The number of rotatable bonds is 3. The van der Waals surface area contributed by atoms with Crippen molar-refractivity contribution in [2.75, 3.05) is 0 Å². The molecule has 0 saturated heterocycles. The van der Waals surface area contributed by atoms with Gasteiger partial charge < -0.3 is 5.73 Å². The molecule has 0 saturated carbocycles. The number of aryl methyl sites for hydroxylation is 1. The zero-order valence-corrected chi connectivity index (χ0v) is 16.7. The number of nitrogens with two attached hydrogens (primary N) is 1. The smallest absolute Gasteiger partial charge is 0.272 e. The highest BCUT2D eigenvalue weighted by atomic mass is 32.1. The monoisotopic (exact) mass is 413 g/mol. The molecule has 0 bridgehead atoms. The molecule has 0 radical (unpaired) electrons. The Hall–Kier alpha value is -3.87. The minimum absolute atomic E-state index is 0.206. The second-order valence-electron chi connectivity index (χ2n) is 6.76. The quantitative estimate of drug-likeness (QED) is 0.468. The maximum absolute atomic E-state index is 12.2. The van der Waals surface area contributed by atoms with Crippen molar-refractivity contribution in [1.29, 1.82) is 5.26 Å². The maximum atomic E-state index is 12.2. The Labute approximate surface area is 174 Å². The number of benzene rings is 1. The van der Waals surface area contributed by atoms with E-state index in [1.165, 1.54) is 11.3 Å². The molecule has 30 heavy (non-hydrogen) atoms. The average Bonchev–Trinajstić information content (AvgIpc) is 3.33. The molecule has 4 heterocycles. The van der Waals surface area contributed by atoms with Gasteiger partial charge in [0.15, 0.2) is 0 Å². The van der Waals surface area contributed by atoms with Crippen LogP contribution < -0.4 is 11.3 Å². The number of hydrogen-bond donors (Lipinski definition) is 2. The summed E-state index contributed by atoms with van der Waals surface area (Å²) < 4.78 is 2.70. The van der Waals surface area contributed by atoms with Gasteiger partial charge in [-0.1, -0.05) is 6.07 Å². The number of thiophene rings is 1. The molecule has 0 amide bonds. The summed E-state index contributed by atoms with van der Waals surface area (Å²) in [5, 5.41) is 22.0. The second-order valence-corrected chi connectivity index (χ2v) is 7.81. The lowest BCUT2D eigenvalue weighted by molar-refractivity contribution is 0.777. The number of fused-ring (bicyclic) bond motifs is 2. The molecule has 146 valence electrons. The van der Waals surface area contributed by atoms with Crippen molar-refractivity contribution in [1.82, 2.24) is 25.0 Å². The molecular formula is C21H15N7OS. The van der Waals surface area contributed by atoms with Crippen molar-refractivity contribution in [3.8, 4) is 27.8 Å². The van der Waals surface area contributed by atoms with Gasteiger partial charge >= 0.3 is 0 Å². The number of nitrogens with one attached hydrogen (secondary N) is 1. The molecule has 0 fully saturated rings. The first-order valence-electron chi connectivity index (χ1n) is 9.14. The lowest BCUT2D eigenvalue weighted by Gasteiger charge is -2.08. The molecule has 0 unspecified atom stereocenters. The number of nitrogens with zero attached hydrogens (tertiary/aromatic N) is 5. The summed E-state index contributed by atoms with van der Waals surface area (Å²) >= 11 is 1.51. The predicted octanol–water partition coefficient (Wildman–Crippen LogP) is 2.93. The van der Waals surface area contributed by atoms with E-state index < -0.39 is 0 Å². The van der Waals surface area contributed by atoms with Crippen LogP contribution in [0.15, 0.2) is 47.5 Å². The third-order valence-corrected chi connectivity index (χ3v) is 6.24. The van der Waals surface area contributed by atoms with Crippen LogP contribution in [0.2, 0.25) is 0 Å². The van der Waals surface area contributed by atoms with E-state index in [1.807, 2.05) is 31.3 Å². The first kappa shape index (κ1) is 18.2. The van der Waals surface area contributed by atoms with Gasteiger partial charge in [0.1, 0.15) is 6.07 Å². The SMILES string of the molecule is Cn1ncc(-c2ccc3c(=O)[nH]nc(CN)c3c2)c1-c1sc2cccnc2c1C#N. The third kappa shape index (κ3) is 2.62. The van der Waals surface area contributed by atoms with E-state index in [1.54, 1.807) is 23.1 Å². The average molecular weight is 413 g/mol. The van der Waals surface area contributed by atoms with Gasteiger partial charge in [0.2, 0.25) is 0 Å². The largest absolute Gasteiger partial charge is 0.325 e. The van der Waals surface area contributed by atoms with E-state index in [4.69, 9.17) is 5.73 Å². The van der Waals surface area contributed by atoms with Gasteiger partial charge in [-0.3, -0.25) is 14.5 Å². The van der Waals surface area contributed by atoms with Crippen LogP contribution in [0.5, 0.6) is 0 Å². The Balaban J connectivity index is 1.79. The van der Waals surface area contributed by atoms with E-state index in [9.17, 15) is 10.1 Å². The fraction of sp³-hybridized carbons (Fsp3) is 0.0952. The number of aromatic nitrogens is 5. The zero-order chi connectivity index (χ0) is 20.8. The molecule has 0 aliphatic heterocycles. The first-order chi connectivity index (χ1) is 14.6. The van der Waals surface area contributed by atoms with Gasteiger partial charge in [0, 0.05) is 30.7 Å². The second kappa shape index (κ2) is 6.88. The number of hydrogen-bond acceptors (Lipinski definition) is 7. The van der Waals surface area contributed by atoms with Crippen molar-refractivity contribution in [3.63, 3.8) is 0 Å². The van der Waals surface area contributed by atoms with Crippen LogP contribution in [-0.4, -0.2) is 25.0 Å². The maximum Gasteiger partial charge on any atom is 0.272 e. The summed E-state index contributed by atoms with van der Waals surface area (Å²) in [6.45, 7) is 0.206. The Kier molecular flexibility index (Phi) is 4.17. The molecule has 5 rings (SSSR count). The lowest BCUT2D eigenvalue weighted by Crippen LogP contribution is -2.13.